The highest BCUT2D eigenvalue weighted by atomic mass is 19.4. The fraction of sp³-hybridized carbons (Fsp3) is 0.286. The zero-order valence-electron chi connectivity index (χ0n) is 16.7. The van der Waals surface area contributed by atoms with Crippen molar-refractivity contribution < 1.29 is 13.2 Å². The molecule has 0 saturated heterocycles. The summed E-state index contributed by atoms with van der Waals surface area (Å²) in [6, 6.07) is 10.5. The number of pyridine rings is 1. The van der Waals surface area contributed by atoms with Crippen LogP contribution in [0.25, 0.3) is 11.3 Å². The van der Waals surface area contributed by atoms with Gasteiger partial charge in [0.25, 0.3) is 0 Å². The molecule has 30 heavy (non-hydrogen) atoms. The Hall–Kier alpha value is -3.20. The number of para-hydroxylation sites is 1. The number of hydrogen-bond acceptors (Lipinski definition) is 6. The van der Waals surface area contributed by atoms with Crippen molar-refractivity contribution >= 4 is 17.5 Å². The lowest BCUT2D eigenvalue weighted by Crippen LogP contribution is -2.17. The second-order valence-electron chi connectivity index (χ2n) is 6.96. The Labute approximate surface area is 173 Å². The second-order valence-corrected chi connectivity index (χ2v) is 6.96. The van der Waals surface area contributed by atoms with Crippen LogP contribution in [0.15, 0.2) is 54.9 Å². The van der Waals surface area contributed by atoms with Gasteiger partial charge in [0.1, 0.15) is 5.82 Å². The van der Waals surface area contributed by atoms with Crippen LogP contribution in [0.4, 0.5) is 30.6 Å². The van der Waals surface area contributed by atoms with Crippen molar-refractivity contribution in [3.8, 4) is 11.3 Å². The summed E-state index contributed by atoms with van der Waals surface area (Å²) in [5.41, 5.74) is 0.468. The van der Waals surface area contributed by atoms with Crippen molar-refractivity contribution in [1.82, 2.24) is 19.9 Å². The number of benzene rings is 1. The van der Waals surface area contributed by atoms with Gasteiger partial charge in [-0.2, -0.15) is 18.2 Å². The van der Waals surface area contributed by atoms with Crippen LogP contribution in [0.5, 0.6) is 0 Å². The third kappa shape index (κ3) is 5.90. The topological polar surface area (TPSA) is 66.0 Å². The van der Waals surface area contributed by atoms with E-state index in [2.05, 4.69) is 30.5 Å². The molecule has 3 rings (SSSR count). The van der Waals surface area contributed by atoms with Gasteiger partial charge in [-0.15, -0.1) is 0 Å². The summed E-state index contributed by atoms with van der Waals surface area (Å²) < 4.78 is 40.0. The van der Waals surface area contributed by atoms with Crippen LogP contribution in [0.3, 0.4) is 0 Å². The molecule has 3 aromatic rings. The van der Waals surface area contributed by atoms with Crippen molar-refractivity contribution in [1.29, 1.82) is 0 Å². The number of anilines is 3. The average molecular weight is 416 g/mol. The molecular formula is C21H23F3N6. The Morgan fingerprint density at radius 2 is 1.83 bits per heavy atom. The molecule has 9 heteroatoms. The number of nitrogens with one attached hydrogen (secondary N) is 2. The predicted molar refractivity (Wildman–Crippen MR) is 112 cm³/mol. The Kier molecular flexibility index (Phi) is 6.83. The zero-order valence-corrected chi connectivity index (χ0v) is 16.7. The number of rotatable bonds is 8. The maximum atomic E-state index is 13.3. The molecule has 2 N–H and O–H groups in total. The molecule has 0 radical (unpaired) electrons. The molecule has 0 spiro atoms. The van der Waals surface area contributed by atoms with Crippen LogP contribution < -0.4 is 10.6 Å². The van der Waals surface area contributed by atoms with Gasteiger partial charge in [0, 0.05) is 30.6 Å². The first-order valence-electron chi connectivity index (χ1n) is 9.44. The minimum Gasteiger partial charge on any atom is -0.354 e. The molecule has 0 aliphatic heterocycles. The summed E-state index contributed by atoms with van der Waals surface area (Å²) in [5.74, 6) is 0.595. The molecule has 2 aromatic heterocycles. The van der Waals surface area contributed by atoms with Crippen LogP contribution in [0, 0.1) is 0 Å². The quantitative estimate of drug-likeness (QED) is 0.521. The van der Waals surface area contributed by atoms with E-state index in [9.17, 15) is 13.2 Å². The van der Waals surface area contributed by atoms with E-state index >= 15 is 0 Å². The standard InChI is InChI=1S/C21H23F3N6/c1-30(2)12-6-11-26-20-28-18(15-7-5-10-25-14-15)13-19(29-20)27-17-9-4-3-8-16(17)21(22,23)24/h3-5,7-10,13-14H,6,11-12H2,1-2H3,(H2,26,27,28,29). The lowest BCUT2D eigenvalue weighted by atomic mass is 10.1. The SMILES string of the molecule is CN(C)CCCNc1nc(Nc2ccccc2C(F)(F)F)cc(-c2cccnc2)n1. The van der Waals surface area contributed by atoms with E-state index in [4.69, 9.17) is 0 Å². The lowest BCUT2D eigenvalue weighted by Gasteiger charge is -2.15. The van der Waals surface area contributed by atoms with Crippen molar-refractivity contribution in [3.05, 3.63) is 60.4 Å². The van der Waals surface area contributed by atoms with E-state index < -0.39 is 11.7 Å². The molecule has 0 fully saturated rings. The van der Waals surface area contributed by atoms with Gasteiger partial charge in [-0.05, 0) is 51.3 Å². The monoisotopic (exact) mass is 416 g/mol. The van der Waals surface area contributed by atoms with E-state index in [-0.39, 0.29) is 11.5 Å². The molecular weight excluding hydrogens is 393 g/mol. The van der Waals surface area contributed by atoms with Crippen molar-refractivity contribution in [3.63, 3.8) is 0 Å². The van der Waals surface area contributed by atoms with E-state index in [0.29, 0.717) is 18.2 Å². The summed E-state index contributed by atoms with van der Waals surface area (Å²) in [7, 11) is 3.97. The van der Waals surface area contributed by atoms with Crippen molar-refractivity contribution in [2.75, 3.05) is 37.8 Å². The normalized spacial score (nSPS) is 11.5. The van der Waals surface area contributed by atoms with E-state index in [1.807, 2.05) is 20.2 Å². The summed E-state index contributed by atoms with van der Waals surface area (Å²) in [6.45, 7) is 1.52. The highest BCUT2D eigenvalue weighted by Crippen LogP contribution is 2.36. The smallest absolute Gasteiger partial charge is 0.354 e. The van der Waals surface area contributed by atoms with E-state index in [1.54, 1.807) is 30.6 Å². The van der Waals surface area contributed by atoms with Crippen molar-refractivity contribution in [2.24, 2.45) is 0 Å². The van der Waals surface area contributed by atoms with Crippen LogP contribution in [-0.2, 0) is 6.18 Å². The molecule has 1 aromatic carbocycles. The molecule has 0 aliphatic rings. The first-order valence-corrected chi connectivity index (χ1v) is 9.44. The molecule has 158 valence electrons. The average Bonchev–Trinajstić information content (AvgIpc) is 2.71. The summed E-state index contributed by atoms with van der Waals surface area (Å²) in [5, 5.41) is 5.95. The Morgan fingerprint density at radius 3 is 2.53 bits per heavy atom. The van der Waals surface area contributed by atoms with Crippen LogP contribution in [0.1, 0.15) is 12.0 Å². The zero-order chi connectivity index (χ0) is 21.6. The fourth-order valence-electron chi connectivity index (χ4n) is 2.83. The Morgan fingerprint density at radius 1 is 1.03 bits per heavy atom. The number of hydrogen-bond donors (Lipinski definition) is 2. The molecule has 0 unspecified atom stereocenters. The molecule has 0 amide bonds. The van der Waals surface area contributed by atoms with Gasteiger partial charge in [0.05, 0.1) is 16.9 Å². The number of alkyl halides is 3. The Bertz CT molecular complexity index is 960. The summed E-state index contributed by atoms with van der Waals surface area (Å²) in [4.78, 5) is 15.0. The van der Waals surface area contributed by atoms with Crippen LogP contribution >= 0.6 is 0 Å². The van der Waals surface area contributed by atoms with E-state index in [1.165, 1.54) is 12.1 Å². The molecule has 0 atom stereocenters. The maximum absolute atomic E-state index is 13.3. The predicted octanol–water partition coefficient (Wildman–Crippen LogP) is 4.66. The van der Waals surface area contributed by atoms with Gasteiger partial charge in [-0.1, -0.05) is 12.1 Å². The molecule has 0 bridgehead atoms. The second kappa shape index (κ2) is 9.53. The minimum absolute atomic E-state index is 0.0700. The number of aromatic nitrogens is 3. The Balaban J connectivity index is 1.91. The minimum atomic E-state index is -4.48. The highest BCUT2D eigenvalue weighted by Gasteiger charge is 2.33. The molecule has 2 heterocycles. The summed E-state index contributed by atoms with van der Waals surface area (Å²) in [6.07, 6.45) is -0.321. The van der Waals surface area contributed by atoms with Gasteiger partial charge in [-0.25, -0.2) is 4.98 Å². The summed E-state index contributed by atoms with van der Waals surface area (Å²) >= 11 is 0. The first-order chi connectivity index (χ1) is 14.3. The highest BCUT2D eigenvalue weighted by molar-refractivity contribution is 5.68. The molecule has 0 saturated carbocycles. The number of nitrogens with zero attached hydrogens (tertiary/aromatic N) is 4. The van der Waals surface area contributed by atoms with E-state index in [0.717, 1.165) is 24.6 Å². The van der Waals surface area contributed by atoms with Crippen LogP contribution in [-0.4, -0.2) is 47.0 Å². The van der Waals surface area contributed by atoms with Gasteiger partial charge in [0.2, 0.25) is 5.95 Å². The number of halogens is 3. The van der Waals surface area contributed by atoms with Crippen molar-refractivity contribution in [2.45, 2.75) is 12.6 Å². The van der Waals surface area contributed by atoms with Gasteiger partial charge >= 0.3 is 6.18 Å². The van der Waals surface area contributed by atoms with Gasteiger partial charge in [-0.3, -0.25) is 4.98 Å². The molecule has 0 aliphatic carbocycles. The largest absolute Gasteiger partial charge is 0.418 e. The lowest BCUT2D eigenvalue weighted by molar-refractivity contribution is -0.136. The third-order valence-electron chi connectivity index (χ3n) is 4.24. The van der Waals surface area contributed by atoms with Gasteiger partial charge < -0.3 is 15.5 Å². The first kappa shape index (κ1) is 21.5. The van der Waals surface area contributed by atoms with Gasteiger partial charge in [0.15, 0.2) is 0 Å². The fourth-order valence-corrected chi connectivity index (χ4v) is 2.83. The van der Waals surface area contributed by atoms with Crippen LogP contribution in [0.2, 0.25) is 0 Å². The maximum Gasteiger partial charge on any atom is 0.418 e. The molecule has 6 nitrogen and oxygen atoms in total. The third-order valence-corrected chi connectivity index (χ3v) is 4.24.